The van der Waals surface area contributed by atoms with Crippen LogP contribution in [0.2, 0.25) is 0 Å². The second-order valence-corrected chi connectivity index (χ2v) is 3.76. The molecule has 1 N–H and O–H groups in total. The molecule has 1 heterocycles. The lowest BCUT2D eigenvalue weighted by Gasteiger charge is -2.13. The van der Waals surface area contributed by atoms with Gasteiger partial charge in [-0.15, -0.1) is 0 Å². The van der Waals surface area contributed by atoms with Gasteiger partial charge in [0.2, 0.25) is 0 Å². The van der Waals surface area contributed by atoms with E-state index >= 15 is 0 Å². The number of pyridine rings is 1. The molecule has 0 radical (unpaired) electrons. The third-order valence-electron chi connectivity index (χ3n) is 2.40. The van der Waals surface area contributed by atoms with Crippen LogP contribution in [-0.4, -0.2) is 4.98 Å². The zero-order valence-corrected chi connectivity index (χ0v) is 8.93. The Labute approximate surface area is 83.4 Å². The Balaban J connectivity index is 3.63. The van der Waals surface area contributed by atoms with Crippen LogP contribution in [0.4, 0.5) is 0 Å². The first-order chi connectivity index (χ1) is 6.49. The van der Waals surface area contributed by atoms with Gasteiger partial charge in [0.05, 0.1) is 0 Å². The summed E-state index contributed by atoms with van der Waals surface area (Å²) < 4.78 is 0. The van der Waals surface area contributed by atoms with E-state index in [9.17, 15) is 4.79 Å². The largest absolute Gasteiger partial charge is 0.325 e. The van der Waals surface area contributed by atoms with E-state index in [1.165, 1.54) is 0 Å². The second kappa shape index (κ2) is 3.67. The number of hydrogen-bond acceptors (Lipinski definition) is 2. The van der Waals surface area contributed by atoms with Crippen LogP contribution in [0, 0.1) is 25.2 Å². The Morgan fingerprint density at radius 2 is 1.93 bits per heavy atom. The number of nitrogens with zero attached hydrogens (tertiary/aromatic N) is 1. The van der Waals surface area contributed by atoms with Crippen LogP contribution in [0.15, 0.2) is 4.79 Å². The lowest BCUT2D eigenvalue weighted by Crippen LogP contribution is -2.17. The van der Waals surface area contributed by atoms with Crippen LogP contribution in [0.1, 0.15) is 42.1 Å². The van der Waals surface area contributed by atoms with Gasteiger partial charge in [-0.2, -0.15) is 5.26 Å². The predicted octanol–water partition coefficient (Wildman–Crippen LogP) is 1.99. The summed E-state index contributed by atoms with van der Waals surface area (Å²) >= 11 is 0. The Morgan fingerprint density at radius 1 is 1.36 bits per heavy atom. The van der Waals surface area contributed by atoms with Gasteiger partial charge in [-0.25, -0.2) is 0 Å². The van der Waals surface area contributed by atoms with Crippen molar-refractivity contribution in [2.45, 2.75) is 33.6 Å². The molecular weight excluding hydrogens is 176 g/mol. The van der Waals surface area contributed by atoms with Crippen LogP contribution in [0.3, 0.4) is 0 Å². The van der Waals surface area contributed by atoms with E-state index in [0.29, 0.717) is 5.92 Å². The first-order valence-electron chi connectivity index (χ1n) is 4.62. The molecule has 0 saturated carbocycles. The second-order valence-electron chi connectivity index (χ2n) is 3.76. The maximum atomic E-state index is 11.4. The van der Waals surface area contributed by atoms with Crippen molar-refractivity contribution >= 4 is 0 Å². The number of aryl methyl sites for hydroxylation is 1. The Hall–Kier alpha value is -1.56. The number of aromatic nitrogens is 1. The van der Waals surface area contributed by atoms with Gasteiger partial charge in [0.15, 0.2) is 0 Å². The van der Waals surface area contributed by atoms with Gasteiger partial charge in [0, 0.05) is 5.69 Å². The van der Waals surface area contributed by atoms with Gasteiger partial charge in [-0.05, 0) is 30.9 Å². The quantitative estimate of drug-likeness (QED) is 0.736. The number of aromatic amines is 1. The van der Waals surface area contributed by atoms with Crippen molar-refractivity contribution in [3.63, 3.8) is 0 Å². The summed E-state index contributed by atoms with van der Waals surface area (Å²) in [6, 6.07) is 1.94. The van der Waals surface area contributed by atoms with E-state index in [4.69, 9.17) is 5.26 Å². The maximum absolute atomic E-state index is 11.4. The number of nitriles is 1. The Morgan fingerprint density at radius 3 is 2.36 bits per heavy atom. The summed E-state index contributed by atoms with van der Waals surface area (Å²) in [6.07, 6.45) is 0. The van der Waals surface area contributed by atoms with Crippen molar-refractivity contribution in [2.24, 2.45) is 0 Å². The summed E-state index contributed by atoms with van der Waals surface area (Å²) in [5.74, 6) is 0.318. The molecule has 0 spiro atoms. The van der Waals surface area contributed by atoms with Gasteiger partial charge >= 0.3 is 0 Å². The Bertz CT molecular complexity index is 450. The van der Waals surface area contributed by atoms with E-state index < -0.39 is 0 Å². The highest BCUT2D eigenvalue weighted by molar-refractivity contribution is 5.43. The minimum absolute atomic E-state index is 0.235. The summed E-state index contributed by atoms with van der Waals surface area (Å²) in [7, 11) is 0. The van der Waals surface area contributed by atoms with Crippen LogP contribution in [-0.2, 0) is 0 Å². The first kappa shape index (κ1) is 10.5. The number of H-pyrrole nitrogens is 1. The van der Waals surface area contributed by atoms with Crippen molar-refractivity contribution in [1.82, 2.24) is 4.98 Å². The molecule has 0 atom stereocenters. The van der Waals surface area contributed by atoms with Gasteiger partial charge < -0.3 is 4.98 Å². The summed E-state index contributed by atoms with van der Waals surface area (Å²) in [5, 5.41) is 8.83. The van der Waals surface area contributed by atoms with Gasteiger partial charge in [0.25, 0.3) is 5.56 Å². The molecule has 0 aliphatic carbocycles. The molecule has 3 heteroatoms. The van der Waals surface area contributed by atoms with Gasteiger partial charge in [0.1, 0.15) is 11.6 Å². The average molecular weight is 190 g/mol. The molecule has 0 bridgehead atoms. The fraction of sp³-hybridized carbons (Fsp3) is 0.455. The average Bonchev–Trinajstić information content (AvgIpc) is 2.02. The molecule has 1 rings (SSSR count). The van der Waals surface area contributed by atoms with Crippen LogP contribution < -0.4 is 5.56 Å². The van der Waals surface area contributed by atoms with Crippen LogP contribution in [0.5, 0.6) is 0 Å². The molecule has 74 valence electrons. The molecule has 1 aromatic rings. The fourth-order valence-electron chi connectivity index (χ4n) is 1.89. The molecule has 0 aliphatic heterocycles. The molecule has 1 aromatic heterocycles. The minimum atomic E-state index is -0.285. The van der Waals surface area contributed by atoms with E-state index in [1.54, 1.807) is 0 Å². The van der Waals surface area contributed by atoms with Crippen LogP contribution >= 0.6 is 0 Å². The third-order valence-corrected chi connectivity index (χ3v) is 2.40. The number of hydrogen-bond donors (Lipinski definition) is 1. The van der Waals surface area contributed by atoms with E-state index in [-0.39, 0.29) is 11.1 Å². The molecule has 0 saturated heterocycles. The van der Waals surface area contributed by atoms with Crippen molar-refractivity contribution < 1.29 is 0 Å². The lowest BCUT2D eigenvalue weighted by molar-refractivity contribution is 0.825. The standard InChI is InChI=1S/C11H14N2O/c1-6(2)10-7(3)9(5-12)11(14)13-8(10)4/h6H,1-4H3,(H,13,14). The van der Waals surface area contributed by atoms with E-state index in [0.717, 1.165) is 16.8 Å². The third kappa shape index (κ3) is 1.56. The number of nitrogens with one attached hydrogen (secondary N) is 1. The van der Waals surface area contributed by atoms with Crippen molar-refractivity contribution in [3.05, 3.63) is 32.7 Å². The van der Waals surface area contributed by atoms with Gasteiger partial charge in [-0.1, -0.05) is 13.8 Å². The lowest BCUT2D eigenvalue weighted by atomic mass is 9.94. The Kier molecular flexibility index (Phi) is 2.76. The maximum Gasteiger partial charge on any atom is 0.266 e. The molecule has 14 heavy (non-hydrogen) atoms. The molecular formula is C11H14N2O. The monoisotopic (exact) mass is 190 g/mol. The molecule has 0 fully saturated rings. The highest BCUT2D eigenvalue weighted by Gasteiger charge is 2.13. The van der Waals surface area contributed by atoms with Crippen molar-refractivity contribution in [1.29, 1.82) is 5.26 Å². The zero-order chi connectivity index (χ0) is 10.9. The smallest absolute Gasteiger partial charge is 0.266 e. The number of rotatable bonds is 1. The highest BCUT2D eigenvalue weighted by Crippen LogP contribution is 2.21. The predicted molar refractivity (Wildman–Crippen MR) is 55.3 cm³/mol. The molecule has 3 nitrogen and oxygen atoms in total. The molecule has 0 aromatic carbocycles. The van der Waals surface area contributed by atoms with E-state index in [1.807, 2.05) is 19.9 Å². The SMILES string of the molecule is Cc1[nH]c(=O)c(C#N)c(C)c1C(C)C. The van der Waals surface area contributed by atoms with Crippen molar-refractivity contribution in [3.8, 4) is 6.07 Å². The van der Waals surface area contributed by atoms with Crippen LogP contribution in [0.25, 0.3) is 0 Å². The van der Waals surface area contributed by atoms with Crippen molar-refractivity contribution in [2.75, 3.05) is 0 Å². The summed E-state index contributed by atoms with van der Waals surface area (Å²) in [6.45, 7) is 7.80. The fourth-order valence-corrected chi connectivity index (χ4v) is 1.89. The zero-order valence-electron chi connectivity index (χ0n) is 8.93. The topological polar surface area (TPSA) is 56.6 Å². The summed E-state index contributed by atoms with van der Waals surface area (Å²) in [5.41, 5.74) is 2.69. The molecule has 0 amide bonds. The minimum Gasteiger partial charge on any atom is -0.325 e. The molecule has 0 aliphatic rings. The summed E-state index contributed by atoms with van der Waals surface area (Å²) in [4.78, 5) is 14.1. The highest BCUT2D eigenvalue weighted by atomic mass is 16.1. The van der Waals surface area contributed by atoms with Gasteiger partial charge in [-0.3, -0.25) is 4.79 Å². The molecule has 0 unspecified atom stereocenters. The van der Waals surface area contributed by atoms with E-state index in [2.05, 4.69) is 18.8 Å². The normalized spacial score (nSPS) is 10.3. The first-order valence-corrected chi connectivity index (χ1v) is 4.62.